The highest BCUT2D eigenvalue weighted by Gasteiger charge is 2.31. The molecule has 1 saturated heterocycles. The summed E-state index contributed by atoms with van der Waals surface area (Å²) in [6.45, 7) is 0.132. The molecular weight excluding hydrogens is 422 g/mol. The van der Waals surface area contributed by atoms with Gasteiger partial charge >= 0.3 is 6.09 Å². The van der Waals surface area contributed by atoms with E-state index in [0.717, 1.165) is 17.3 Å². The summed E-state index contributed by atoms with van der Waals surface area (Å²) in [5.74, 6) is 0.0871. The average Bonchev–Trinajstić information content (AvgIpc) is 3.07. The number of benzene rings is 2. The Morgan fingerprint density at radius 3 is 2.48 bits per heavy atom. The minimum absolute atomic E-state index is 0.0656. The number of amides is 3. The molecule has 9 nitrogen and oxygen atoms in total. The number of carboxylic acid groups (broad SMARTS) is 1. The summed E-state index contributed by atoms with van der Waals surface area (Å²) in [5.41, 5.74) is 1.65. The van der Waals surface area contributed by atoms with Crippen molar-refractivity contribution < 1.29 is 29.3 Å². The second-order valence-electron chi connectivity index (χ2n) is 6.87. The van der Waals surface area contributed by atoms with E-state index in [0.29, 0.717) is 17.9 Å². The largest absolute Gasteiger partial charge is 0.491 e. The van der Waals surface area contributed by atoms with E-state index in [1.165, 1.54) is 4.90 Å². The van der Waals surface area contributed by atoms with Crippen LogP contribution in [0.25, 0.3) is 0 Å². The van der Waals surface area contributed by atoms with Crippen molar-refractivity contribution in [2.45, 2.75) is 17.9 Å². The molecule has 0 radical (unpaired) electrons. The van der Waals surface area contributed by atoms with Crippen LogP contribution in [0.4, 0.5) is 15.3 Å². The van der Waals surface area contributed by atoms with Crippen LogP contribution in [-0.4, -0.2) is 63.5 Å². The van der Waals surface area contributed by atoms with E-state index in [1.54, 1.807) is 24.3 Å². The first-order valence-electron chi connectivity index (χ1n) is 9.61. The fourth-order valence-corrected chi connectivity index (χ4v) is 3.66. The molecule has 0 aromatic heterocycles. The minimum Gasteiger partial charge on any atom is -0.491 e. The molecule has 0 spiro atoms. The number of anilines is 1. The summed E-state index contributed by atoms with van der Waals surface area (Å²) in [7, 11) is 0. The number of thioether (sulfide) groups is 1. The van der Waals surface area contributed by atoms with Crippen LogP contribution in [0.3, 0.4) is 0 Å². The van der Waals surface area contributed by atoms with Crippen LogP contribution in [-0.2, 0) is 11.2 Å². The van der Waals surface area contributed by atoms with Gasteiger partial charge in [0.05, 0.1) is 6.54 Å². The van der Waals surface area contributed by atoms with Crippen molar-refractivity contribution in [2.24, 2.45) is 0 Å². The average molecular weight is 445 g/mol. The highest BCUT2D eigenvalue weighted by atomic mass is 32.2. The number of hydrogen-bond donors (Lipinski definition) is 4. The number of carbonyl (C=O) groups excluding carboxylic acids is 2. The zero-order valence-electron chi connectivity index (χ0n) is 16.6. The van der Waals surface area contributed by atoms with Crippen LogP contribution in [0, 0.1) is 0 Å². The molecule has 0 bridgehead atoms. The molecule has 3 rings (SSSR count). The summed E-state index contributed by atoms with van der Waals surface area (Å²) < 4.78 is 5.54. The third kappa shape index (κ3) is 6.90. The lowest BCUT2D eigenvalue weighted by Crippen LogP contribution is -2.40. The molecule has 2 aromatic carbocycles. The Labute approximate surface area is 183 Å². The Balaban J connectivity index is 1.44. The van der Waals surface area contributed by atoms with Gasteiger partial charge in [0, 0.05) is 12.2 Å². The third-order valence-electron chi connectivity index (χ3n) is 4.50. The number of aliphatic hydroxyl groups excluding tert-OH is 1. The van der Waals surface area contributed by atoms with E-state index in [1.807, 2.05) is 30.3 Å². The van der Waals surface area contributed by atoms with Gasteiger partial charge in [-0.05, 0) is 48.0 Å². The van der Waals surface area contributed by atoms with Crippen LogP contribution in [0.5, 0.6) is 5.75 Å². The zero-order valence-corrected chi connectivity index (χ0v) is 17.4. The van der Waals surface area contributed by atoms with Crippen LogP contribution in [0.2, 0.25) is 0 Å². The first kappa shape index (κ1) is 22.4. The molecule has 0 aliphatic carbocycles. The zero-order chi connectivity index (χ0) is 22.2. The first-order valence-corrected chi connectivity index (χ1v) is 10.5. The van der Waals surface area contributed by atoms with Gasteiger partial charge in [-0.2, -0.15) is 0 Å². The molecule has 1 heterocycles. The fraction of sp³-hybridized carbons (Fsp3) is 0.286. The third-order valence-corrected chi connectivity index (χ3v) is 5.38. The molecule has 1 fully saturated rings. The Morgan fingerprint density at radius 2 is 1.87 bits per heavy atom. The van der Waals surface area contributed by atoms with Gasteiger partial charge < -0.3 is 25.2 Å². The maximum absolute atomic E-state index is 11.6. The van der Waals surface area contributed by atoms with Crippen LogP contribution >= 0.6 is 11.8 Å². The summed E-state index contributed by atoms with van der Waals surface area (Å²) >= 11 is 0.870. The lowest BCUT2D eigenvalue weighted by Gasteiger charge is -2.22. The molecule has 2 atom stereocenters. The van der Waals surface area contributed by atoms with E-state index in [9.17, 15) is 24.6 Å². The van der Waals surface area contributed by atoms with Crippen LogP contribution in [0.1, 0.15) is 5.56 Å². The van der Waals surface area contributed by atoms with Gasteiger partial charge in [-0.1, -0.05) is 30.3 Å². The predicted molar refractivity (Wildman–Crippen MR) is 116 cm³/mol. The topological polar surface area (TPSA) is 128 Å². The second kappa shape index (κ2) is 10.7. The van der Waals surface area contributed by atoms with Crippen molar-refractivity contribution in [1.29, 1.82) is 0 Å². The maximum atomic E-state index is 11.6. The molecular formula is C21H23N3O6S. The van der Waals surface area contributed by atoms with Crippen molar-refractivity contribution in [1.82, 2.24) is 10.2 Å². The minimum atomic E-state index is -1.10. The van der Waals surface area contributed by atoms with Crippen molar-refractivity contribution in [3.63, 3.8) is 0 Å². The van der Waals surface area contributed by atoms with Gasteiger partial charge in [-0.15, -0.1) is 0 Å². The quantitative estimate of drug-likeness (QED) is 0.439. The molecule has 1 aliphatic rings. The highest BCUT2D eigenvalue weighted by Crippen LogP contribution is 2.23. The van der Waals surface area contributed by atoms with Crippen LogP contribution < -0.4 is 15.4 Å². The SMILES string of the molecule is O=C1NC(=O)C(Nc2ccc(OC[C@@H](O)CN(CCc3ccccc3)C(=O)O)cc2)S1. The Morgan fingerprint density at radius 1 is 1.16 bits per heavy atom. The van der Waals surface area contributed by atoms with Crippen molar-refractivity contribution >= 4 is 34.7 Å². The number of nitrogens with one attached hydrogen (secondary N) is 2. The number of hydrogen-bond acceptors (Lipinski definition) is 7. The Bertz CT molecular complexity index is 909. The Hall–Kier alpha value is -3.24. The van der Waals surface area contributed by atoms with Gasteiger partial charge in [0.25, 0.3) is 11.1 Å². The maximum Gasteiger partial charge on any atom is 0.407 e. The number of ether oxygens (including phenoxy) is 1. The van der Waals surface area contributed by atoms with E-state index < -0.39 is 28.7 Å². The standard InChI is InChI=1S/C21H23N3O6S/c25-16(12-24(21(28)29)11-10-14-4-2-1-3-5-14)13-30-17-8-6-15(7-9-17)22-19-18(26)23-20(27)31-19/h1-9,16,19,22,25H,10-13H2,(H,28,29)(H,23,26,27)/t16-,19?/m0/s1. The number of aliphatic hydroxyl groups is 1. The second-order valence-corrected chi connectivity index (χ2v) is 7.95. The Kier molecular flexibility index (Phi) is 7.74. The van der Waals surface area contributed by atoms with Gasteiger partial charge in [0.15, 0.2) is 5.37 Å². The number of imide groups is 1. The summed E-state index contributed by atoms with van der Waals surface area (Å²) in [6.07, 6.45) is -1.54. The molecule has 1 unspecified atom stereocenters. The van der Waals surface area contributed by atoms with Crippen molar-refractivity contribution in [2.75, 3.05) is 25.0 Å². The molecule has 31 heavy (non-hydrogen) atoms. The van der Waals surface area contributed by atoms with Gasteiger partial charge in [-0.3, -0.25) is 14.9 Å². The van der Waals surface area contributed by atoms with Crippen LogP contribution in [0.15, 0.2) is 54.6 Å². The smallest absolute Gasteiger partial charge is 0.407 e. The molecule has 10 heteroatoms. The molecule has 4 N–H and O–H groups in total. The van der Waals surface area contributed by atoms with E-state index in [2.05, 4.69) is 10.6 Å². The lowest BCUT2D eigenvalue weighted by atomic mass is 10.1. The highest BCUT2D eigenvalue weighted by molar-refractivity contribution is 8.15. The van der Waals surface area contributed by atoms with E-state index in [4.69, 9.17) is 4.74 Å². The molecule has 0 saturated carbocycles. The van der Waals surface area contributed by atoms with Gasteiger partial charge in [0.2, 0.25) is 0 Å². The van der Waals surface area contributed by atoms with Crippen molar-refractivity contribution in [3.8, 4) is 5.75 Å². The van der Waals surface area contributed by atoms with E-state index in [-0.39, 0.29) is 19.7 Å². The number of nitrogens with zero attached hydrogens (tertiary/aromatic N) is 1. The summed E-state index contributed by atoms with van der Waals surface area (Å²) in [5, 5.41) is 23.6. The number of rotatable bonds is 10. The first-order chi connectivity index (χ1) is 14.9. The summed E-state index contributed by atoms with van der Waals surface area (Å²) in [4.78, 5) is 35.4. The predicted octanol–water partition coefficient (Wildman–Crippen LogP) is 2.37. The lowest BCUT2D eigenvalue weighted by molar-refractivity contribution is -0.118. The monoisotopic (exact) mass is 445 g/mol. The molecule has 3 amide bonds. The normalized spacial score (nSPS) is 16.5. The molecule has 164 valence electrons. The van der Waals surface area contributed by atoms with Gasteiger partial charge in [0.1, 0.15) is 18.5 Å². The summed E-state index contributed by atoms with van der Waals surface area (Å²) in [6, 6.07) is 16.2. The molecule has 2 aromatic rings. The van der Waals surface area contributed by atoms with Crippen molar-refractivity contribution in [3.05, 3.63) is 60.2 Å². The van der Waals surface area contributed by atoms with Gasteiger partial charge in [-0.25, -0.2) is 4.79 Å². The number of carbonyl (C=O) groups is 3. The molecule has 1 aliphatic heterocycles. The van der Waals surface area contributed by atoms with E-state index >= 15 is 0 Å². The fourth-order valence-electron chi connectivity index (χ4n) is 2.92.